The minimum atomic E-state index is -0.0623. The number of ether oxygens (including phenoxy) is 2. The monoisotopic (exact) mass is 359 g/mol. The molecule has 25 heavy (non-hydrogen) atoms. The predicted octanol–water partition coefficient (Wildman–Crippen LogP) is 3.80. The van der Waals surface area contributed by atoms with Gasteiger partial charge in [-0.05, 0) is 36.2 Å². The van der Waals surface area contributed by atoms with Crippen LogP contribution in [0.2, 0.25) is 5.02 Å². The fraction of sp³-hybridized carbons (Fsp3) is 0.350. The van der Waals surface area contributed by atoms with E-state index in [1.807, 2.05) is 49.4 Å². The molecule has 1 unspecified atom stereocenters. The molecule has 0 bridgehead atoms. The smallest absolute Gasteiger partial charge is 0.253 e. The normalized spacial score (nSPS) is 17.3. The summed E-state index contributed by atoms with van der Waals surface area (Å²) in [5, 5.41) is 0.714. The van der Waals surface area contributed by atoms with Gasteiger partial charge in [0.15, 0.2) is 0 Å². The van der Waals surface area contributed by atoms with E-state index in [0.717, 1.165) is 16.7 Å². The van der Waals surface area contributed by atoms with Crippen LogP contribution in [0.4, 0.5) is 0 Å². The molecular weight excluding hydrogens is 338 g/mol. The average Bonchev–Trinajstić information content (AvgIpc) is 2.62. The summed E-state index contributed by atoms with van der Waals surface area (Å²) in [4.78, 5) is 14.3. The molecule has 1 atom stereocenters. The van der Waals surface area contributed by atoms with E-state index in [4.69, 9.17) is 21.1 Å². The van der Waals surface area contributed by atoms with Crippen molar-refractivity contribution in [3.63, 3.8) is 0 Å². The Labute approximate surface area is 153 Å². The molecule has 1 amide bonds. The molecule has 1 saturated heterocycles. The third kappa shape index (κ3) is 4.21. The van der Waals surface area contributed by atoms with Crippen LogP contribution < -0.4 is 0 Å². The lowest BCUT2D eigenvalue weighted by atomic mass is 9.99. The highest BCUT2D eigenvalue weighted by molar-refractivity contribution is 6.33. The van der Waals surface area contributed by atoms with Gasteiger partial charge in [0, 0.05) is 29.7 Å². The van der Waals surface area contributed by atoms with Crippen molar-refractivity contribution >= 4 is 17.5 Å². The summed E-state index contributed by atoms with van der Waals surface area (Å²) in [7, 11) is 1.78. The van der Waals surface area contributed by atoms with Gasteiger partial charge < -0.3 is 14.4 Å². The van der Waals surface area contributed by atoms with Gasteiger partial charge in [-0.25, -0.2) is 0 Å². The first-order valence-electron chi connectivity index (χ1n) is 8.36. The van der Waals surface area contributed by atoms with Gasteiger partial charge in [0.25, 0.3) is 5.91 Å². The molecular formula is C20H22ClNO3. The van der Waals surface area contributed by atoms with Crippen LogP contribution in [-0.2, 0) is 9.47 Å². The molecule has 0 radical (unpaired) electrons. The molecule has 0 N–H and O–H groups in total. The molecule has 1 fully saturated rings. The minimum Gasteiger partial charge on any atom is -0.376 e. The SMILES string of the molecule is Cc1cccc(Cl)c1-c1ccc(C(=O)N(C)CC2COCCO2)cc1. The van der Waals surface area contributed by atoms with Crippen molar-refractivity contribution in [3.05, 3.63) is 58.6 Å². The van der Waals surface area contributed by atoms with E-state index in [1.165, 1.54) is 0 Å². The summed E-state index contributed by atoms with van der Waals surface area (Å²) in [6.07, 6.45) is -0.0623. The third-order valence-electron chi connectivity index (χ3n) is 4.35. The summed E-state index contributed by atoms with van der Waals surface area (Å²) >= 11 is 6.32. The van der Waals surface area contributed by atoms with Crippen LogP contribution in [0.1, 0.15) is 15.9 Å². The standard InChI is InChI=1S/C20H22ClNO3/c1-14-4-3-5-18(21)19(14)15-6-8-16(9-7-15)20(23)22(2)12-17-13-24-10-11-25-17/h3-9,17H,10-13H2,1-2H3. The fourth-order valence-corrected chi connectivity index (χ4v) is 3.36. The quantitative estimate of drug-likeness (QED) is 0.833. The highest BCUT2D eigenvalue weighted by atomic mass is 35.5. The number of carbonyl (C=O) groups excluding carboxylic acids is 1. The van der Waals surface area contributed by atoms with Crippen molar-refractivity contribution in [2.45, 2.75) is 13.0 Å². The van der Waals surface area contributed by atoms with Gasteiger partial charge in [-0.15, -0.1) is 0 Å². The zero-order chi connectivity index (χ0) is 17.8. The molecule has 0 spiro atoms. The molecule has 1 heterocycles. The van der Waals surface area contributed by atoms with Crippen LogP contribution in [0.5, 0.6) is 0 Å². The van der Waals surface area contributed by atoms with Crippen LogP contribution in [0, 0.1) is 6.92 Å². The molecule has 5 heteroatoms. The second-order valence-corrected chi connectivity index (χ2v) is 6.67. The number of benzene rings is 2. The number of nitrogens with zero attached hydrogens (tertiary/aromatic N) is 1. The fourth-order valence-electron chi connectivity index (χ4n) is 3.03. The van der Waals surface area contributed by atoms with Crippen LogP contribution in [0.15, 0.2) is 42.5 Å². The zero-order valence-corrected chi connectivity index (χ0v) is 15.3. The van der Waals surface area contributed by atoms with Crippen LogP contribution in [0.3, 0.4) is 0 Å². The number of carbonyl (C=O) groups is 1. The Morgan fingerprint density at radius 2 is 1.96 bits per heavy atom. The van der Waals surface area contributed by atoms with Gasteiger partial charge in [-0.2, -0.15) is 0 Å². The zero-order valence-electron chi connectivity index (χ0n) is 14.5. The van der Waals surface area contributed by atoms with E-state index < -0.39 is 0 Å². The predicted molar refractivity (Wildman–Crippen MR) is 99.1 cm³/mol. The first kappa shape index (κ1) is 17.9. The summed E-state index contributed by atoms with van der Waals surface area (Å²) in [6, 6.07) is 13.4. The van der Waals surface area contributed by atoms with Crippen LogP contribution >= 0.6 is 11.6 Å². The Morgan fingerprint density at radius 3 is 2.60 bits per heavy atom. The minimum absolute atomic E-state index is 0.0309. The Hall–Kier alpha value is -1.88. The highest BCUT2D eigenvalue weighted by Crippen LogP contribution is 2.31. The second-order valence-electron chi connectivity index (χ2n) is 6.26. The first-order valence-corrected chi connectivity index (χ1v) is 8.74. The summed E-state index contributed by atoms with van der Waals surface area (Å²) < 4.78 is 11.0. The molecule has 2 aromatic carbocycles. The lowest BCUT2D eigenvalue weighted by Gasteiger charge is -2.27. The van der Waals surface area contributed by atoms with Crippen LogP contribution in [0.25, 0.3) is 11.1 Å². The molecule has 0 aromatic heterocycles. The number of rotatable bonds is 4. The molecule has 3 rings (SSSR count). The number of hydrogen-bond acceptors (Lipinski definition) is 3. The summed E-state index contributed by atoms with van der Waals surface area (Å²) in [5.74, 6) is -0.0309. The summed E-state index contributed by atoms with van der Waals surface area (Å²) in [5.41, 5.74) is 3.77. The van der Waals surface area contributed by atoms with E-state index in [0.29, 0.717) is 37.0 Å². The highest BCUT2D eigenvalue weighted by Gasteiger charge is 2.20. The van der Waals surface area contributed by atoms with Crippen LogP contribution in [-0.4, -0.2) is 50.3 Å². The largest absolute Gasteiger partial charge is 0.376 e. The maximum atomic E-state index is 12.6. The van der Waals surface area contributed by atoms with Crippen molar-refractivity contribution < 1.29 is 14.3 Å². The van der Waals surface area contributed by atoms with Gasteiger partial charge >= 0.3 is 0 Å². The number of halogens is 1. The van der Waals surface area contributed by atoms with Crippen molar-refractivity contribution in [2.75, 3.05) is 33.4 Å². The lowest BCUT2D eigenvalue weighted by Crippen LogP contribution is -2.40. The van der Waals surface area contributed by atoms with Gasteiger partial charge in [0.1, 0.15) is 0 Å². The lowest BCUT2D eigenvalue weighted by molar-refractivity contribution is -0.0933. The van der Waals surface area contributed by atoms with Gasteiger partial charge in [-0.3, -0.25) is 4.79 Å². The Balaban J connectivity index is 1.72. The van der Waals surface area contributed by atoms with E-state index in [1.54, 1.807) is 11.9 Å². The molecule has 2 aromatic rings. The second kappa shape index (κ2) is 8.00. The maximum absolute atomic E-state index is 12.6. The van der Waals surface area contributed by atoms with Gasteiger partial charge in [0.05, 0.1) is 25.9 Å². The number of aryl methyl sites for hydroxylation is 1. The molecule has 1 aliphatic heterocycles. The average molecular weight is 360 g/mol. The number of amides is 1. The molecule has 132 valence electrons. The number of hydrogen-bond donors (Lipinski definition) is 0. The Morgan fingerprint density at radius 1 is 1.20 bits per heavy atom. The van der Waals surface area contributed by atoms with E-state index in [2.05, 4.69) is 0 Å². The Bertz CT molecular complexity index is 719. The first-order chi connectivity index (χ1) is 12.1. The van der Waals surface area contributed by atoms with Crippen molar-refractivity contribution in [1.82, 2.24) is 4.90 Å². The third-order valence-corrected chi connectivity index (χ3v) is 4.67. The van der Waals surface area contributed by atoms with Crippen molar-refractivity contribution in [1.29, 1.82) is 0 Å². The Kier molecular flexibility index (Phi) is 5.74. The maximum Gasteiger partial charge on any atom is 0.253 e. The van der Waals surface area contributed by atoms with Gasteiger partial charge in [0.2, 0.25) is 0 Å². The molecule has 4 nitrogen and oxygen atoms in total. The van der Waals surface area contributed by atoms with E-state index >= 15 is 0 Å². The molecule has 0 saturated carbocycles. The topological polar surface area (TPSA) is 38.8 Å². The van der Waals surface area contributed by atoms with Crippen molar-refractivity contribution in [2.24, 2.45) is 0 Å². The van der Waals surface area contributed by atoms with Gasteiger partial charge in [-0.1, -0.05) is 35.9 Å². The van der Waals surface area contributed by atoms with E-state index in [-0.39, 0.29) is 12.0 Å². The molecule has 1 aliphatic rings. The van der Waals surface area contributed by atoms with E-state index in [9.17, 15) is 4.79 Å². The number of likely N-dealkylation sites (N-methyl/N-ethyl adjacent to an activating group) is 1. The summed E-state index contributed by atoms with van der Waals surface area (Å²) in [6.45, 7) is 4.28. The van der Waals surface area contributed by atoms with Crippen molar-refractivity contribution in [3.8, 4) is 11.1 Å². The molecule has 0 aliphatic carbocycles.